The van der Waals surface area contributed by atoms with Gasteiger partial charge in [0.2, 0.25) is 17.7 Å². The molecule has 9 nitrogen and oxygen atoms in total. The molecule has 1 saturated heterocycles. The summed E-state index contributed by atoms with van der Waals surface area (Å²) in [6.45, 7) is 9.32. The van der Waals surface area contributed by atoms with Crippen molar-refractivity contribution in [2.24, 2.45) is 11.1 Å². The standard InChI is InChI=1S/C25H35N5O4S/c1-14(26)22(32)29-21(25(3,4)5)24(34)30-12-18(31)10-19(30)23(33)27-11-16-6-8-17(9-7-16)20-15(2)28-13-35-20/h6-9,13-14,18-19,21,31H,10-12,26H2,1-5H3,(H,27,33)(H,29,32)/t14-,18-,19+,21-/m1/s1. The second-order valence-electron chi connectivity index (χ2n) is 10.2. The van der Waals surface area contributed by atoms with Gasteiger partial charge >= 0.3 is 0 Å². The molecule has 1 aromatic heterocycles. The van der Waals surface area contributed by atoms with Gasteiger partial charge in [0.15, 0.2) is 0 Å². The van der Waals surface area contributed by atoms with E-state index in [1.165, 1.54) is 4.90 Å². The Hall–Kier alpha value is -2.82. The van der Waals surface area contributed by atoms with Crippen LogP contribution >= 0.6 is 11.3 Å². The molecule has 0 unspecified atom stereocenters. The Morgan fingerprint density at radius 3 is 2.46 bits per heavy atom. The molecule has 3 amide bonds. The molecule has 5 N–H and O–H groups in total. The van der Waals surface area contributed by atoms with E-state index in [4.69, 9.17) is 5.73 Å². The number of hydrogen-bond acceptors (Lipinski definition) is 7. The summed E-state index contributed by atoms with van der Waals surface area (Å²) in [6.07, 6.45) is -0.680. The maximum Gasteiger partial charge on any atom is 0.246 e. The van der Waals surface area contributed by atoms with Gasteiger partial charge in [-0.3, -0.25) is 14.4 Å². The van der Waals surface area contributed by atoms with E-state index in [9.17, 15) is 19.5 Å². The molecule has 4 atom stereocenters. The highest BCUT2D eigenvalue weighted by molar-refractivity contribution is 7.13. The number of thiazole rings is 1. The number of hydrogen-bond donors (Lipinski definition) is 4. The van der Waals surface area contributed by atoms with E-state index in [-0.39, 0.29) is 18.9 Å². The molecule has 2 aromatic rings. The molecule has 1 fully saturated rings. The third-order valence-corrected chi connectivity index (χ3v) is 7.08. The van der Waals surface area contributed by atoms with Gasteiger partial charge in [0.25, 0.3) is 0 Å². The molecule has 190 valence electrons. The predicted molar refractivity (Wildman–Crippen MR) is 135 cm³/mol. The minimum atomic E-state index is -0.885. The van der Waals surface area contributed by atoms with Crippen molar-refractivity contribution in [2.45, 2.75) is 71.8 Å². The quantitative estimate of drug-likeness (QED) is 0.455. The Morgan fingerprint density at radius 2 is 1.91 bits per heavy atom. The summed E-state index contributed by atoms with van der Waals surface area (Å²) in [4.78, 5) is 45.5. The van der Waals surface area contributed by atoms with Crippen LogP contribution in [0.2, 0.25) is 0 Å². The van der Waals surface area contributed by atoms with Crippen molar-refractivity contribution in [1.29, 1.82) is 0 Å². The number of likely N-dealkylation sites (tertiary alicyclic amines) is 1. The van der Waals surface area contributed by atoms with Crippen molar-refractivity contribution in [2.75, 3.05) is 6.54 Å². The summed E-state index contributed by atoms with van der Waals surface area (Å²) in [7, 11) is 0. The van der Waals surface area contributed by atoms with Crippen LogP contribution in [0.1, 0.15) is 45.4 Å². The first kappa shape index (κ1) is 26.8. The van der Waals surface area contributed by atoms with Crippen LogP contribution < -0.4 is 16.4 Å². The highest BCUT2D eigenvalue weighted by atomic mass is 32.1. The van der Waals surface area contributed by atoms with Crippen LogP contribution in [0.25, 0.3) is 10.4 Å². The van der Waals surface area contributed by atoms with Gasteiger partial charge in [-0.1, -0.05) is 45.0 Å². The molecule has 1 aromatic carbocycles. The lowest BCUT2D eigenvalue weighted by atomic mass is 9.85. The second kappa shape index (κ2) is 10.8. The van der Waals surface area contributed by atoms with Crippen LogP contribution in [0.4, 0.5) is 0 Å². The first-order chi connectivity index (χ1) is 16.4. The van der Waals surface area contributed by atoms with E-state index >= 15 is 0 Å². The third kappa shape index (κ3) is 6.45. The highest BCUT2D eigenvalue weighted by Crippen LogP contribution is 2.28. The molecule has 0 bridgehead atoms. The topological polar surface area (TPSA) is 138 Å². The fourth-order valence-electron chi connectivity index (χ4n) is 4.05. The number of aromatic nitrogens is 1. The summed E-state index contributed by atoms with van der Waals surface area (Å²) in [5.74, 6) is -1.20. The van der Waals surface area contributed by atoms with Crippen molar-refractivity contribution >= 4 is 29.1 Å². The summed E-state index contributed by atoms with van der Waals surface area (Å²) in [6, 6.07) is 5.39. The molecule has 0 spiro atoms. The van der Waals surface area contributed by atoms with Gasteiger partial charge in [-0.2, -0.15) is 0 Å². The minimum Gasteiger partial charge on any atom is -0.391 e. The van der Waals surface area contributed by atoms with E-state index in [1.807, 2.05) is 57.5 Å². The zero-order chi connectivity index (χ0) is 25.9. The molecule has 3 rings (SSSR count). The van der Waals surface area contributed by atoms with Crippen LogP contribution in [0.15, 0.2) is 29.8 Å². The van der Waals surface area contributed by atoms with Gasteiger partial charge in [0, 0.05) is 19.5 Å². The Balaban J connectivity index is 1.68. The van der Waals surface area contributed by atoms with E-state index in [1.54, 1.807) is 18.3 Å². The van der Waals surface area contributed by atoms with Crippen LogP contribution in [0.5, 0.6) is 0 Å². The normalized spacial score (nSPS) is 19.8. The van der Waals surface area contributed by atoms with Crippen molar-refractivity contribution in [1.82, 2.24) is 20.5 Å². The molecular formula is C25H35N5O4S. The number of β-amino-alcohol motifs (C(OH)–C–C–N with tert-alkyl or cyclic N) is 1. The van der Waals surface area contributed by atoms with E-state index in [0.29, 0.717) is 6.54 Å². The van der Waals surface area contributed by atoms with Crippen molar-refractivity contribution in [3.05, 3.63) is 41.0 Å². The van der Waals surface area contributed by atoms with Crippen LogP contribution in [-0.2, 0) is 20.9 Å². The van der Waals surface area contributed by atoms with Gasteiger partial charge in [0.05, 0.1) is 28.2 Å². The maximum atomic E-state index is 13.4. The van der Waals surface area contributed by atoms with Gasteiger partial charge < -0.3 is 26.4 Å². The lowest BCUT2D eigenvalue weighted by Gasteiger charge is -2.35. The van der Waals surface area contributed by atoms with E-state index < -0.39 is 41.5 Å². The maximum absolute atomic E-state index is 13.4. The van der Waals surface area contributed by atoms with Crippen LogP contribution in [0.3, 0.4) is 0 Å². The lowest BCUT2D eigenvalue weighted by molar-refractivity contribution is -0.144. The minimum absolute atomic E-state index is 0.0282. The Morgan fingerprint density at radius 1 is 1.26 bits per heavy atom. The van der Waals surface area contributed by atoms with Crippen LogP contribution in [-0.4, -0.2) is 63.5 Å². The molecule has 2 heterocycles. The number of nitrogens with zero attached hydrogens (tertiary/aromatic N) is 2. The van der Waals surface area contributed by atoms with Gasteiger partial charge in [0.1, 0.15) is 12.1 Å². The number of aryl methyl sites for hydroxylation is 1. The summed E-state index contributed by atoms with van der Waals surface area (Å²) in [5.41, 5.74) is 9.83. The number of nitrogens with two attached hydrogens (primary N) is 1. The predicted octanol–water partition coefficient (Wildman–Crippen LogP) is 1.57. The van der Waals surface area contributed by atoms with E-state index in [2.05, 4.69) is 15.6 Å². The number of carbonyl (C=O) groups excluding carboxylic acids is 3. The molecular weight excluding hydrogens is 466 g/mol. The average molecular weight is 502 g/mol. The number of aliphatic hydroxyl groups is 1. The van der Waals surface area contributed by atoms with Gasteiger partial charge in [-0.15, -0.1) is 11.3 Å². The second-order valence-corrected chi connectivity index (χ2v) is 11.0. The van der Waals surface area contributed by atoms with Gasteiger partial charge in [-0.25, -0.2) is 4.98 Å². The largest absolute Gasteiger partial charge is 0.391 e. The van der Waals surface area contributed by atoms with Crippen molar-refractivity contribution in [3.63, 3.8) is 0 Å². The van der Waals surface area contributed by atoms with Crippen LogP contribution in [0, 0.1) is 12.3 Å². The molecule has 0 aliphatic carbocycles. The molecule has 0 radical (unpaired) electrons. The van der Waals surface area contributed by atoms with E-state index in [0.717, 1.165) is 21.7 Å². The molecule has 0 saturated carbocycles. The third-order valence-electron chi connectivity index (χ3n) is 6.11. The molecule has 10 heteroatoms. The number of amides is 3. The Bertz CT molecular complexity index is 1060. The number of rotatable bonds is 7. The summed E-state index contributed by atoms with van der Waals surface area (Å²) < 4.78 is 0. The average Bonchev–Trinajstić information content (AvgIpc) is 3.40. The Kier molecular flexibility index (Phi) is 8.30. The number of aliphatic hydroxyl groups excluding tert-OH is 1. The first-order valence-electron chi connectivity index (χ1n) is 11.7. The highest BCUT2D eigenvalue weighted by Gasteiger charge is 2.44. The molecule has 35 heavy (non-hydrogen) atoms. The SMILES string of the molecule is Cc1ncsc1-c1ccc(CNC(=O)[C@@H]2C[C@@H](O)CN2C(=O)[C@@H](NC(=O)[C@@H](C)N)C(C)(C)C)cc1. The zero-order valence-electron chi connectivity index (χ0n) is 20.9. The fourth-order valence-corrected chi connectivity index (χ4v) is 4.87. The zero-order valence-corrected chi connectivity index (χ0v) is 21.7. The molecule has 1 aliphatic heterocycles. The Labute approximate surface area is 210 Å². The first-order valence-corrected chi connectivity index (χ1v) is 12.6. The monoisotopic (exact) mass is 501 g/mol. The fraction of sp³-hybridized carbons (Fsp3) is 0.520. The van der Waals surface area contributed by atoms with Crippen molar-refractivity contribution < 1.29 is 19.5 Å². The number of nitrogens with one attached hydrogen (secondary N) is 2. The van der Waals surface area contributed by atoms with Crippen molar-refractivity contribution in [3.8, 4) is 10.4 Å². The van der Waals surface area contributed by atoms with Gasteiger partial charge in [-0.05, 0) is 30.4 Å². The number of carbonyl (C=O) groups is 3. The summed E-state index contributed by atoms with van der Waals surface area (Å²) in [5, 5.41) is 15.9. The summed E-state index contributed by atoms with van der Waals surface area (Å²) >= 11 is 1.58. The smallest absolute Gasteiger partial charge is 0.246 e. The lowest BCUT2D eigenvalue weighted by Crippen LogP contribution is -2.59. The number of benzene rings is 1. The molecule has 1 aliphatic rings.